The van der Waals surface area contributed by atoms with E-state index in [2.05, 4.69) is 36.6 Å². The third-order valence-electron chi connectivity index (χ3n) is 4.71. The molecule has 0 fully saturated rings. The zero-order valence-electron chi connectivity index (χ0n) is 17.0. The minimum Gasteiger partial charge on any atom is -0.493 e. The molecule has 1 amide bonds. The van der Waals surface area contributed by atoms with Crippen molar-refractivity contribution in [3.63, 3.8) is 0 Å². The van der Waals surface area contributed by atoms with Gasteiger partial charge in [0.2, 0.25) is 0 Å². The number of hydrogen-bond acceptors (Lipinski definition) is 3. The van der Waals surface area contributed by atoms with Crippen molar-refractivity contribution in [1.82, 2.24) is 15.5 Å². The van der Waals surface area contributed by atoms with Crippen molar-refractivity contribution in [1.29, 1.82) is 0 Å². The van der Waals surface area contributed by atoms with E-state index in [0.29, 0.717) is 23.2 Å². The molecule has 0 radical (unpaired) electrons. The van der Waals surface area contributed by atoms with Crippen LogP contribution in [0, 0.1) is 5.92 Å². The van der Waals surface area contributed by atoms with Crippen LogP contribution in [0.25, 0.3) is 10.8 Å². The number of amides is 1. The van der Waals surface area contributed by atoms with Crippen LogP contribution in [0.15, 0.2) is 47.7 Å². The Morgan fingerprint density at radius 1 is 1.18 bits per heavy atom. The maximum atomic E-state index is 12.9. The average Bonchev–Trinajstić information content (AvgIpc) is 2.64. The molecule has 2 aromatic carbocycles. The molecule has 0 spiro atoms. The Labute approximate surface area is 171 Å². The summed E-state index contributed by atoms with van der Waals surface area (Å²) in [6.45, 7) is 6.80. The van der Waals surface area contributed by atoms with Crippen molar-refractivity contribution in [2.75, 3.05) is 20.7 Å². The van der Waals surface area contributed by atoms with Crippen LogP contribution in [0.2, 0.25) is 0 Å². The zero-order valence-corrected chi connectivity index (χ0v) is 17.8. The third kappa shape index (κ3) is 3.97. The molecule has 6 heteroatoms. The standard InChI is InChI=1S/C22H27N3O2S/c1-13(2)12-27-18-11-10-17(15-8-6-7-9-16(15)18)20-19(21(26)25(4)5)14(3)23-22(28)24-20/h6-11,13,20H,12H2,1-5H3,(H2,23,24,28). The second kappa shape index (κ2) is 8.19. The minimum atomic E-state index is -0.326. The molecule has 0 saturated carbocycles. The van der Waals surface area contributed by atoms with Crippen molar-refractivity contribution in [3.8, 4) is 5.75 Å². The Balaban J connectivity index is 2.14. The molecule has 1 unspecified atom stereocenters. The van der Waals surface area contributed by atoms with Gasteiger partial charge in [0.05, 0.1) is 18.2 Å². The van der Waals surface area contributed by atoms with E-state index in [4.69, 9.17) is 17.0 Å². The van der Waals surface area contributed by atoms with E-state index >= 15 is 0 Å². The molecule has 5 nitrogen and oxygen atoms in total. The summed E-state index contributed by atoms with van der Waals surface area (Å²) in [5.41, 5.74) is 2.44. The van der Waals surface area contributed by atoms with E-state index in [0.717, 1.165) is 27.8 Å². The smallest absolute Gasteiger partial charge is 0.253 e. The number of hydrogen-bond donors (Lipinski definition) is 2. The summed E-state index contributed by atoms with van der Waals surface area (Å²) >= 11 is 5.38. The van der Waals surface area contributed by atoms with Crippen LogP contribution in [0.4, 0.5) is 0 Å². The molecule has 1 aliphatic rings. The van der Waals surface area contributed by atoms with Gasteiger partial charge in [0, 0.05) is 25.2 Å². The fraction of sp³-hybridized carbons (Fsp3) is 0.364. The first-order valence-corrected chi connectivity index (χ1v) is 9.84. The number of benzene rings is 2. The predicted octanol–water partition coefficient (Wildman–Crippen LogP) is 3.76. The fourth-order valence-corrected chi connectivity index (χ4v) is 3.65. The third-order valence-corrected chi connectivity index (χ3v) is 4.93. The number of fused-ring (bicyclic) bond motifs is 1. The Kier molecular flexibility index (Phi) is 5.89. The highest BCUT2D eigenvalue weighted by atomic mass is 32.1. The molecule has 28 heavy (non-hydrogen) atoms. The molecule has 1 heterocycles. The molecule has 2 N–H and O–H groups in total. The highest BCUT2D eigenvalue weighted by Gasteiger charge is 2.32. The van der Waals surface area contributed by atoms with Gasteiger partial charge in [0.25, 0.3) is 5.91 Å². The lowest BCUT2D eigenvalue weighted by Crippen LogP contribution is -2.46. The molecule has 1 aliphatic heterocycles. The van der Waals surface area contributed by atoms with Crippen molar-refractivity contribution in [2.45, 2.75) is 26.8 Å². The van der Waals surface area contributed by atoms with Crippen molar-refractivity contribution >= 4 is 34.0 Å². The number of nitrogens with one attached hydrogen (secondary N) is 2. The quantitative estimate of drug-likeness (QED) is 0.753. The van der Waals surface area contributed by atoms with Crippen LogP contribution < -0.4 is 15.4 Å². The molecule has 0 aromatic heterocycles. The topological polar surface area (TPSA) is 53.6 Å². The van der Waals surface area contributed by atoms with Gasteiger partial charge in [0.15, 0.2) is 5.11 Å². The van der Waals surface area contributed by atoms with Gasteiger partial charge < -0.3 is 20.3 Å². The molecular weight excluding hydrogens is 370 g/mol. The van der Waals surface area contributed by atoms with Crippen molar-refractivity contribution in [2.24, 2.45) is 5.92 Å². The summed E-state index contributed by atoms with van der Waals surface area (Å²) in [6.07, 6.45) is 0. The Bertz CT molecular complexity index is 950. The van der Waals surface area contributed by atoms with Gasteiger partial charge in [-0.15, -0.1) is 0 Å². The molecule has 0 saturated heterocycles. The lowest BCUT2D eigenvalue weighted by atomic mass is 9.90. The molecule has 2 aromatic rings. The van der Waals surface area contributed by atoms with Gasteiger partial charge in [-0.05, 0) is 42.1 Å². The number of ether oxygens (including phenoxy) is 1. The first kappa shape index (κ1) is 20.1. The number of likely N-dealkylation sites (N-methyl/N-ethyl adjacent to an activating group) is 1. The second-order valence-electron chi connectivity index (χ2n) is 7.67. The monoisotopic (exact) mass is 397 g/mol. The molecule has 3 rings (SSSR count). The van der Waals surface area contributed by atoms with Crippen LogP contribution in [-0.4, -0.2) is 36.6 Å². The summed E-state index contributed by atoms with van der Waals surface area (Å²) in [5, 5.41) is 8.96. The molecular formula is C22H27N3O2S. The number of allylic oxidation sites excluding steroid dienone is 1. The average molecular weight is 398 g/mol. The Hall–Kier alpha value is -2.60. The largest absolute Gasteiger partial charge is 0.493 e. The number of nitrogens with zero attached hydrogens (tertiary/aromatic N) is 1. The summed E-state index contributed by atoms with van der Waals surface area (Å²) in [7, 11) is 3.52. The number of thiocarbonyl (C=S) groups is 1. The molecule has 0 bridgehead atoms. The molecule has 148 valence electrons. The van der Waals surface area contributed by atoms with Crippen molar-refractivity contribution in [3.05, 3.63) is 53.2 Å². The van der Waals surface area contributed by atoms with Gasteiger partial charge in [-0.1, -0.05) is 44.2 Å². The fourth-order valence-electron chi connectivity index (χ4n) is 3.38. The number of carbonyl (C=O) groups is 1. The van der Waals surface area contributed by atoms with Crippen molar-refractivity contribution < 1.29 is 9.53 Å². The van der Waals surface area contributed by atoms with Crippen LogP contribution in [0.5, 0.6) is 5.75 Å². The van der Waals surface area contributed by atoms with Crippen LogP contribution in [0.3, 0.4) is 0 Å². The van der Waals surface area contributed by atoms with Gasteiger partial charge >= 0.3 is 0 Å². The molecule has 1 atom stereocenters. The lowest BCUT2D eigenvalue weighted by Gasteiger charge is -2.32. The lowest BCUT2D eigenvalue weighted by molar-refractivity contribution is -0.125. The van der Waals surface area contributed by atoms with E-state index < -0.39 is 0 Å². The van der Waals surface area contributed by atoms with Gasteiger partial charge in [0.1, 0.15) is 5.75 Å². The van der Waals surface area contributed by atoms with Crippen LogP contribution in [0.1, 0.15) is 32.4 Å². The van der Waals surface area contributed by atoms with Gasteiger partial charge in [-0.3, -0.25) is 4.79 Å². The maximum Gasteiger partial charge on any atom is 0.253 e. The minimum absolute atomic E-state index is 0.0470. The van der Waals surface area contributed by atoms with E-state index in [9.17, 15) is 4.79 Å². The van der Waals surface area contributed by atoms with Crippen LogP contribution in [-0.2, 0) is 4.79 Å². The summed E-state index contributed by atoms with van der Waals surface area (Å²) in [5.74, 6) is 1.25. The van der Waals surface area contributed by atoms with E-state index in [1.54, 1.807) is 19.0 Å². The van der Waals surface area contributed by atoms with Crippen LogP contribution >= 0.6 is 12.2 Å². The SMILES string of the molecule is CC1=C(C(=O)N(C)C)C(c2ccc(OCC(C)C)c3ccccc23)NC(=S)N1. The number of carbonyl (C=O) groups excluding carboxylic acids is 1. The first-order chi connectivity index (χ1) is 13.3. The van der Waals surface area contributed by atoms with E-state index in [1.807, 2.05) is 31.2 Å². The van der Waals surface area contributed by atoms with Gasteiger partial charge in [-0.25, -0.2) is 0 Å². The number of rotatable bonds is 5. The molecule has 0 aliphatic carbocycles. The van der Waals surface area contributed by atoms with E-state index in [-0.39, 0.29) is 11.9 Å². The Morgan fingerprint density at radius 3 is 2.50 bits per heavy atom. The normalized spacial score (nSPS) is 16.8. The first-order valence-electron chi connectivity index (χ1n) is 9.44. The maximum absolute atomic E-state index is 12.9. The highest BCUT2D eigenvalue weighted by molar-refractivity contribution is 7.80. The van der Waals surface area contributed by atoms with Gasteiger partial charge in [-0.2, -0.15) is 0 Å². The Morgan fingerprint density at radius 2 is 1.86 bits per heavy atom. The summed E-state index contributed by atoms with van der Waals surface area (Å²) in [4.78, 5) is 14.5. The predicted molar refractivity (Wildman–Crippen MR) is 117 cm³/mol. The summed E-state index contributed by atoms with van der Waals surface area (Å²) < 4.78 is 6.03. The summed E-state index contributed by atoms with van der Waals surface area (Å²) in [6, 6.07) is 11.8. The zero-order chi connectivity index (χ0) is 20.4. The second-order valence-corrected chi connectivity index (χ2v) is 8.08. The van der Waals surface area contributed by atoms with E-state index in [1.165, 1.54) is 0 Å². The highest BCUT2D eigenvalue weighted by Crippen LogP contribution is 2.36.